The third kappa shape index (κ3) is 4.57. The molecule has 0 spiro atoms. The number of allylic oxidation sites excluding steroid dienone is 5. The summed E-state index contributed by atoms with van der Waals surface area (Å²) in [7, 11) is 0. The fourth-order valence-corrected chi connectivity index (χ4v) is 3.45. The molecule has 3 rings (SSSR count). The first kappa shape index (κ1) is 23.5. The van der Waals surface area contributed by atoms with Gasteiger partial charge in [-0.1, -0.05) is 68.7 Å². The summed E-state index contributed by atoms with van der Waals surface area (Å²) in [5.41, 5.74) is 6.02. The maximum absolute atomic E-state index is 3.97. The van der Waals surface area contributed by atoms with E-state index in [-0.39, 0.29) is 51.0 Å². The zero-order chi connectivity index (χ0) is 14.7. The fourth-order valence-electron chi connectivity index (χ4n) is 3.45. The van der Waals surface area contributed by atoms with Gasteiger partial charge in [-0.15, -0.1) is 45.7 Å². The summed E-state index contributed by atoms with van der Waals surface area (Å²) in [6, 6.07) is 8.89. The molecular formula is C21H23Cl2Zr. The Morgan fingerprint density at radius 2 is 1.96 bits per heavy atom. The molecule has 0 aromatic heterocycles. The van der Waals surface area contributed by atoms with Crippen LogP contribution in [0.5, 0.6) is 0 Å². The van der Waals surface area contributed by atoms with E-state index in [1.807, 2.05) is 6.08 Å². The Kier molecular flexibility index (Phi) is 11.0. The fraction of sp³-hybridized carbons (Fsp3) is 0.286. The molecule has 1 radical (unpaired) electrons. The van der Waals surface area contributed by atoms with E-state index in [0.717, 1.165) is 12.8 Å². The Balaban J connectivity index is 0.00000176. The topological polar surface area (TPSA) is 0 Å². The van der Waals surface area contributed by atoms with Crippen molar-refractivity contribution in [3.63, 3.8) is 0 Å². The first-order valence-corrected chi connectivity index (χ1v) is 8.03. The number of benzene rings is 1. The average molecular weight is 438 g/mol. The largest absolute Gasteiger partial charge is 3.00 e. The molecule has 0 atom stereocenters. The summed E-state index contributed by atoms with van der Waals surface area (Å²) in [5, 5.41) is 2.87. The van der Waals surface area contributed by atoms with E-state index in [1.165, 1.54) is 46.7 Å². The summed E-state index contributed by atoms with van der Waals surface area (Å²) >= 11 is 0. The van der Waals surface area contributed by atoms with Gasteiger partial charge in [0.1, 0.15) is 0 Å². The maximum atomic E-state index is 3.97. The monoisotopic (exact) mass is 435 g/mol. The molecule has 2 aromatic rings. The molecule has 0 heterocycles. The molecule has 0 saturated carbocycles. The van der Waals surface area contributed by atoms with Crippen LogP contribution in [0.4, 0.5) is 0 Å². The van der Waals surface area contributed by atoms with Gasteiger partial charge in [0.25, 0.3) is 0 Å². The van der Waals surface area contributed by atoms with Gasteiger partial charge in [-0.05, 0) is 12.8 Å². The summed E-state index contributed by atoms with van der Waals surface area (Å²) < 4.78 is 0. The van der Waals surface area contributed by atoms with Gasteiger partial charge in [0, 0.05) is 0 Å². The molecular weight excluding hydrogens is 414 g/mol. The molecule has 0 saturated heterocycles. The van der Waals surface area contributed by atoms with Crippen LogP contribution < -0.4 is 24.8 Å². The molecule has 24 heavy (non-hydrogen) atoms. The van der Waals surface area contributed by atoms with E-state index in [9.17, 15) is 0 Å². The Bertz CT molecular complexity index is 723. The van der Waals surface area contributed by atoms with Crippen LogP contribution in [0.25, 0.3) is 16.3 Å². The summed E-state index contributed by atoms with van der Waals surface area (Å²) in [4.78, 5) is 0. The molecule has 0 N–H and O–H groups in total. The second-order valence-electron chi connectivity index (χ2n) is 5.80. The van der Waals surface area contributed by atoms with Gasteiger partial charge in [0.15, 0.2) is 0 Å². The second-order valence-corrected chi connectivity index (χ2v) is 5.80. The molecule has 0 aliphatic heterocycles. The van der Waals surface area contributed by atoms with Gasteiger partial charge in [-0.2, -0.15) is 0 Å². The van der Waals surface area contributed by atoms with Crippen LogP contribution in [0.2, 0.25) is 0 Å². The molecule has 0 amide bonds. The van der Waals surface area contributed by atoms with Crippen LogP contribution in [0, 0.1) is 0 Å². The molecule has 3 heteroatoms. The number of rotatable bonds is 6. The number of aryl methyl sites for hydroxylation is 1. The summed E-state index contributed by atoms with van der Waals surface area (Å²) in [6.45, 7) is 6.24. The van der Waals surface area contributed by atoms with Crippen molar-refractivity contribution in [2.45, 2.75) is 39.0 Å². The van der Waals surface area contributed by atoms with Crippen molar-refractivity contribution in [3.05, 3.63) is 71.8 Å². The summed E-state index contributed by atoms with van der Waals surface area (Å²) in [6.07, 6.45) is 14.5. The zero-order valence-electron chi connectivity index (χ0n) is 14.1. The van der Waals surface area contributed by atoms with Crippen molar-refractivity contribution < 1.29 is 51.0 Å². The van der Waals surface area contributed by atoms with Crippen molar-refractivity contribution in [3.8, 4) is 0 Å². The molecule has 2 aromatic carbocycles. The van der Waals surface area contributed by atoms with Crippen LogP contribution in [0.1, 0.15) is 42.9 Å². The minimum Gasteiger partial charge on any atom is -1.00 e. The quantitative estimate of drug-likeness (QED) is 0.440. The molecule has 0 fully saturated rings. The summed E-state index contributed by atoms with van der Waals surface area (Å²) in [5.74, 6) is 0. The van der Waals surface area contributed by atoms with E-state index >= 15 is 0 Å². The molecule has 1 aliphatic carbocycles. The third-order valence-corrected chi connectivity index (χ3v) is 4.40. The van der Waals surface area contributed by atoms with Gasteiger partial charge < -0.3 is 24.8 Å². The van der Waals surface area contributed by atoms with Gasteiger partial charge in [-0.25, -0.2) is 0 Å². The number of fused-ring (bicyclic) bond motifs is 1. The Hall–Kier alpha value is -0.487. The van der Waals surface area contributed by atoms with Crippen LogP contribution in [-0.4, -0.2) is 0 Å². The van der Waals surface area contributed by atoms with Crippen LogP contribution in [-0.2, 0) is 39.0 Å². The normalized spacial score (nSPS) is 12.1. The molecule has 125 valence electrons. The third-order valence-electron chi connectivity index (χ3n) is 4.40. The molecule has 0 unspecified atom stereocenters. The Morgan fingerprint density at radius 3 is 2.58 bits per heavy atom. The van der Waals surface area contributed by atoms with Crippen molar-refractivity contribution in [1.82, 2.24) is 0 Å². The van der Waals surface area contributed by atoms with E-state index in [1.54, 1.807) is 5.56 Å². The molecule has 0 bridgehead atoms. The van der Waals surface area contributed by atoms with E-state index in [0.29, 0.717) is 0 Å². The van der Waals surface area contributed by atoms with Crippen molar-refractivity contribution in [1.29, 1.82) is 0 Å². The number of unbranched alkanes of at least 4 members (excludes halogenated alkanes) is 1. The van der Waals surface area contributed by atoms with Crippen LogP contribution in [0.15, 0.2) is 55.1 Å². The van der Waals surface area contributed by atoms with Crippen molar-refractivity contribution in [2.75, 3.05) is 0 Å². The Labute approximate surface area is 177 Å². The van der Waals surface area contributed by atoms with Crippen molar-refractivity contribution in [2.24, 2.45) is 0 Å². The van der Waals surface area contributed by atoms with Crippen LogP contribution in [0.3, 0.4) is 0 Å². The zero-order valence-corrected chi connectivity index (χ0v) is 18.1. The van der Waals surface area contributed by atoms with Gasteiger partial charge in [0.2, 0.25) is 0 Å². The van der Waals surface area contributed by atoms with E-state index < -0.39 is 0 Å². The predicted molar refractivity (Wildman–Crippen MR) is 93.8 cm³/mol. The molecule has 1 aliphatic rings. The first-order chi connectivity index (χ1) is 10.4. The maximum Gasteiger partial charge on any atom is 3.00 e. The minimum atomic E-state index is 0. The van der Waals surface area contributed by atoms with Gasteiger partial charge >= 0.3 is 26.2 Å². The number of halogens is 2. The first-order valence-electron chi connectivity index (χ1n) is 8.03. The Morgan fingerprint density at radius 1 is 1.21 bits per heavy atom. The average Bonchev–Trinajstić information content (AvgIpc) is 3.12. The van der Waals surface area contributed by atoms with E-state index in [4.69, 9.17) is 0 Å². The molecule has 0 nitrogen and oxygen atoms in total. The van der Waals surface area contributed by atoms with Gasteiger partial charge in [0.05, 0.1) is 0 Å². The standard InChI is InChI=1S/C21H23.2ClH.Zr/c1-3-5-13-20-18-15-9-8-14-17(18)19(10-4-2)21(20)16-11-6-7-12-16;;;/h4,6-9,11,14-15H,2-3,5,10,12-13H2,1H3;2*1H;/q-1;;;+3/p-2. The van der Waals surface area contributed by atoms with E-state index in [2.05, 4.69) is 56.0 Å². The smallest absolute Gasteiger partial charge is 1.00 e. The van der Waals surface area contributed by atoms with Gasteiger partial charge in [-0.3, -0.25) is 0 Å². The number of hydrogen-bond donors (Lipinski definition) is 0. The minimum absolute atomic E-state index is 0. The SMILES string of the molecule is C=CC[c-]1c(C2=CC=CC2)c(CCCC)c2ccccc21.[Cl-].[Cl-].[Zr+3]. The second kappa shape index (κ2) is 11.2. The van der Waals surface area contributed by atoms with Crippen molar-refractivity contribution >= 4 is 16.3 Å². The predicted octanol–water partition coefficient (Wildman–Crippen LogP) is -0.0214. The number of hydrogen-bond acceptors (Lipinski definition) is 0. The van der Waals surface area contributed by atoms with Crippen LogP contribution >= 0.6 is 0 Å².